The summed E-state index contributed by atoms with van der Waals surface area (Å²) in [5, 5.41) is 0. The van der Waals surface area contributed by atoms with Crippen molar-refractivity contribution in [1.29, 1.82) is 0 Å². The molecule has 2 rings (SSSR count). The molecule has 3 nitrogen and oxygen atoms in total. The van der Waals surface area contributed by atoms with Crippen molar-refractivity contribution in [1.82, 2.24) is 4.57 Å². The van der Waals surface area contributed by atoms with Crippen molar-refractivity contribution in [2.24, 2.45) is 5.73 Å². The highest BCUT2D eigenvalue weighted by molar-refractivity contribution is 5.33. The molecule has 3 heteroatoms. The molecule has 1 aromatic rings. The van der Waals surface area contributed by atoms with E-state index in [0.29, 0.717) is 0 Å². The predicted octanol–water partition coefficient (Wildman–Crippen LogP) is 2.33. The van der Waals surface area contributed by atoms with Gasteiger partial charge in [0.1, 0.15) is 0 Å². The zero-order chi connectivity index (χ0) is 13.3. The van der Waals surface area contributed by atoms with Crippen LogP contribution in [0.2, 0.25) is 0 Å². The first-order valence-electron chi connectivity index (χ1n) is 7.00. The van der Waals surface area contributed by atoms with Crippen LogP contribution < -0.4 is 11.3 Å². The minimum atomic E-state index is -0.553. The Hall–Kier alpha value is -1.09. The molecule has 1 aliphatic carbocycles. The molecule has 0 spiro atoms. The molecular weight excluding hydrogens is 224 g/mol. The van der Waals surface area contributed by atoms with E-state index in [1.807, 2.05) is 24.5 Å². The number of pyridine rings is 1. The van der Waals surface area contributed by atoms with Crippen LogP contribution in [0.5, 0.6) is 0 Å². The molecule has 0 saturated carbocycles. The van der Waals surface area contributed by atoms with Crippen LogP contribution in [0.25, 0.3) is 0 Å². The molecule has 2 N–H and O–H groups in total. The summed E-state index contributed by atoms with van der Waals surface area (Å²) < 4.78 is 1.98. The van der Waals surface area contributed by atoms with Crippen LogP contribution in [0.1, 0.15) is 56.9 Å². The third-order valence-electron chi connectivity index (χ3n) is 3.78. The summed E-state index contributed by atoms with van der Waals surface area (Å²) in [6.45, 7) is 6.81. The van der Waals surface area contributed by atoms with Gasteiger partial charge in [-0.05, 0) is 51.2 Å². The second kappa shape index (κ2) is 4.88. The minimum Gasteiger partial charge on any atom is -0.322 e. The van der Waals surface area contributed by atoms with Crippen LogP contribution in [-0.2, 0) is 24.9 Å². The Bertz CT molecular complexity index is 494. The van der Waals surface area contributed by atoms with Gasteiger partial charge < -0.3 is 10.3 Å². The number of nitrogens with two attached hydrogens (primary N) is 1. The van der Waals surface area contributed by atoms with Gasteiger partial charge in [-0.25, -0.2) is 0 Å². The molecule has 100 valence electrons. The first-order chi connectivity index (χ1) is 8.45. The molecule has 1 aromatic heterocycles. The van der Waals surface area contributed by atoms with E-state index in [1.165, 1.54) is 11.3 Å². The van der Waals surface area contributed by atoms with E-state index >= 15 is 0 Å². The molecule has 0 aromatic carbocycles. The van der Waals surface area contributed by atoms with Gasteiger partial charge in [0.25, 0.3) is 5.56 Å². The van der Waals surface area contributed by atoms with Gasteiger partial charge in [0.05, 0.1) is 0 Å². The molecule has 0 aliphatic heterocycles. The first-order valence-corrected chi connectivity index (χ1v) is 7.00. The van der Waals surface area contributed by atoms with Crippen LogP contribution in [0.4, 0.5) is 0 Å². The van der Waals surface area contributed by atoms with Gasteiger partial charge in [0.2, 0.25) is 0 Å². The molecule has 0 bridgehead atoms. The number of hydrogen-bond acceptors (Lipinski definition) is 2. The average molecular weight is 248 g/mol. The Labute approximate surface area is 109 Å². The van der Waals surface area contributed by atoms with Crippen LogP contribution in [0, 0.1) is 0 Å². The second-order valence-corrected chi connectivity index (χ2v) is 5.92. The van der Waals surface area contributed by atoms with E-state index in [2.05, 4.69) is 6.92 Å². The second-order valence-electron chi connectivity index (χ2n) is 5.92. The zero-order valence-electron chi connectivity index (χ0n) is 11.8. The quantitative estimate of drug-likeness (QED) is 0.889. The van der Waals surface area contributed by atoms with Gasteiger partial charge in [-0.15, -0.1) is 0 Å². The fourth-order valence-corrected chi connectivity index (χ4v) is 2.73. The lowest BCUT2D eigenvalue weighted by molar-refractivity contribution is 0.520. The van der Waals surface area contributed by atoms with Gasteiger partial charge in [-0.3, -0.25) is 4.79 Å². The van der Waals surface area contributed by atoms with E-state index in [1.54, 1.807) is 0 Å². The summed E-state index contributed by atoms with van der Waals surface area (Å²) in [6.07, 6.45) is 5.46. The standard InChI is InChI=1S/C15H24N2O/c1-4-5-9-17-13-8-6-7-11(13)10-12(14(17)18)15(2,3)16/h10H,4-9,16H2,1-3H3. The number of aromatic nitrogens is 1. The van der Waals surface area contributed by atoms with Crippen molar-refractivity contribution in [3.8, 4) is 0 Å². The number of unbranched alkanes of at least 4 members (excludes halogenated alkanes) is 1. The lowest BCUT2D eigenvalue weighted by atomic mass is 9.95. The summed E-state index contributed by atoms with van der Waals surface area (Å²) in [7, 11) is 0. The number of nitrogens with zero attached hydrogens (tertiary/aromatic N) is 1. The molecule has 0 fully saturated rings. The van der Waals surface area contributed by atoms with E-state index in [4.69, 9.17) is 5.73 Å². The van der Waals surface area contributed by atoms with Gasteiger partial charge in [0.15, 0.2) is 0 Å². The Kier molecular flexibility index (Phi) is 3.62. The molecule has 0 amide bonds. The SMILES string of the molecule is CCCCn1c2c(cc(C(C)(C)N)c1=O)CCC2. The van der Waals surface area contributed by atoms with Crippen LogP contribution in [-0.4, -0.2) is 4.57 Å². The van der Waals surface area contributed by atoms with Crippen molar-refractivity contribution < 1.29 is 0 Å². The van der Waals surface area contributed by atoms with Crippen molar-refractivity contribution in [3.63, 3.8) is 0 Å². The van der Waals surface area contributed by atoms with Crippen molar-refractivity contribution >= 4 is 0 Å². The third-order valence-corrected chi connectivity index (χ3v) is 3.78. The molecule has 0 unspecified atom stereocenters. The summed E-state index contributed by atoms with van der Waals surface area (Å²) in [5.74, 6) is 0. The van der Waals surface area contributed by atoms with Crippen molar-refractivity contribution in [3.05, 3.63) is 33.2 Å². The highest BCUT2D eigenvalue weighted by atomic mass is 16.1. The molecule has 1 heterocycles. The average Bonchev–Trinajstić information content (AvgIpc) is 2.73. The molecule has 0 atom stereocenters. The van der Waals surface area contributed by atoms with Crippen LogP contribution in [0.3, 0.4) is 0 Å². The van der Waals surface area contributed by atoms with E-state index < -0.39 is 5.54 Å². The molecule has 18 heavy (non-hydrogen) atoms. The predicted molar refractivity (Wildman–Crippen MR) is 74.8 cm³/mol. The Morgan fingerprint density at radius 2 is 2.11 bits per heavy atom. The largest absolute Gasteiger partial charge is 0.322 e. The first kappa shape index (κ1) is 13.3. The maximum Gasteiger partial charge on any atom is 0.255 e. The molecule has 1 aliphatic rings. The fourth-order valence-electron chi connectivity index (χ4n) is 2.73. The summed E-state index contributed by atoms with van der Waals surface area (Å²) in [6, 6.07) is 2.05. The number of hydrogen-bond donors (Lipinski definition) is 1. The van der Waals surface area contributed by atoms with E-state index in [9.17, 15) is 4.79 Å². The molecule has 0 saturated heterocycles. The normalized spacial score (nSPS) is 14.9. The van der Waals surface area contributed by atoms with Crippen LogP contribution >= 0.6 is 0 Å². The van der Waals surface area contributed by atoms with Gasteiger partial charge >= 0.3 is 0 Å². The monoisotopic (exact) mass is 248 g/mol. The van der Waals surface area contributed by atoms with Crippen molar-refractivity contribution in [2.45, 2.75) is 65.0 Å². The fraction of sp³-hybridized carbons (Fsp3) is 0.667. The summed E-state index contributed by atoms with van der Waals surface area (Å²) >= 11 is 0. The summed E-state index contributed by atoms with van der Waals surface area (Å²) in [4.78, 5) is 12.6. The van der Waals surface area contributed by atoms with Gasteiger partial charge in [0, 0.05) is 23.3 Å². The number of fused-ring (bicyclic) bond motifs is 1. The van der Waals surface area contributed by atoms with Gasteiger partial charge in [-0.2, -0.15) is 0 Å². The zero-order valence-corrected chi connectivity index (χ0v) is 11.8. The molecule has 0 radical (unpaired) electrons. The van der Waals surface area contributed by atoms with E-state index in [0.717, 1.165) is 44.2 Å². The smallest absolute Gasteiger partial charge is 0.255 e. The Morgan fingerprint density at radius 3 is 2.72 bits per heavy atom. The lowest BCUT2D eigenvalue weighted by Crippen LogP contribution is -2.39. The molecular formula is C15H24N2O. The van der Waals surface area contributed by atoms with Gasteiger partial charge in [-0.1, -0.05) is 13.3 Å². The number of rotatable bonds is 4. The lowest BCUT2D eigenvalue weighted by Gasteiger charge is -2.22. The maximum absolute atomic E-state index is 12.6. The van der Waals surface area contributed by atoms with Crippen molar-refractivity contribution in [2.75, 3.05) is 0 Å². The van der Waals surface area contributed by atoms with Crippen LogP contribution in [0.15, 0.2) is 10.9 Å². The number of aryl methyl sites for hydroxylation is 1. The van der Waals surface area contributed by atoms with E-state index in [-0.39, 0.29) is 5.56 Å². The highest BCUT2D eigenvalue weighted by Gasteiger charge is 2.25. The highest BCUT2D eigenvalue weighted by Crippen LogP contribution is 2.24. The Balaban J connectivity index is 2.56. The summed E-state index contributed by atoms with van der Waals surface area (Å²) in [5.41, 5.74) is 9.05. The minimum absolute atomic E-state index is 0.122. The topological polar surface area (TPSA) is 48.0 Å². The maximum atomic E-state index is 12.6. The Morgan fingerprint density at radius 1 is 1.39 bits per heavy atom. The third kappa shape index (κ3) is 2.37.